The van der Waals surface area contributed by atoms with Crippen LogP contribution in [0, 0.1) is 12.8 Å². The number of hydrogen-bond acceptors (Lipinski definition) is 2. The summed E-state index contributed by atoms with van der Waals surface area (Å²) in [6.45, 7) is 2.60. The number of benzene rings is 1. The van der Waals surface area contributed by atoms with Gasteiger partial charge in [0.15, 0.2) is 0 Å². The Kier molecular flexibility index (Phi) is 3.13. The molecule has 4 heteroatoms. The van der Waals surface area contributed by atoms with Crippen LogP contribution in [0.25, 0.3) is 0 Å². The fraction of sp³-hybridized carbons (Fsp3) is 0.467. The fourth-order valence-electron chi connectivity index (χ4n) is 3.03. The molecule has 1 aliphatic heterocycles. The average molecular weight is 277 g/mol. The zero-order valence-corrected chi connectivity index (χ0v) is 12.0. The zero-order chi connectivity index (χ0) is 13.5. The third-order valence-electron chi connectivity index (χ3n) is 4.11. The van der Waals surface area contributed by atoms with Crippen molar-refractivity contribution in [3.8, 4) is 0 Å². The first-order valence-electron chi connectivity index (χ1n) is 6.88. The van der Waals surface area contributed by atoms with Crippen LogP contribution in [0.3, 0.4) is 0 Å². The highest BCUT2D eigenvalue weighted by molar-refractivity contribution is 7.89. The lowest BCUT2D eigenvalue weighted by Gasteiger charge is -2.24. The molecule has 19 heavy (non-hydrogen) atoms. The molecular formula is C15H19NO2S. The summed E-state index contributed by atoms with van der Waals surface area (Å²) in [4.78, 5) is 0.408. The molecule has 0 spiro atoms. The molecule has 1 heterocycles. The van der Waals surface area contributed by atoms with Gasteiger partial charge in [-0.3, -0.25) is 4.31 Å². The largest absolute Gasteiger partial charge is 0.270 e. The van der Waals surface area contributed by atoms with Gasteiger partial charge in [0.1, 0.15) is 0 Å². The molecule has 1 fully saturated rings. The monoisotopic (exact) mass is 277 g/mol. The minimum atomic E-state index is -3.36. The van der Waals surface area contributed by atoms with Crippen LogP contribution < -0.4 is 0 Å². The number of rotatable bonds is 2. The molecule has 1 saturated heterocycles. The normalized spacial score (nSPS) is 23.1. The van der Waals surface area contributed by atoms with Gasteiger partial charge >= 0.3 is 0 Å². The Morgan fingerprint density at radius 1 is 1.16 bits per heavy atom. The molecule has 102 valence electrons. The molecule has 3 nitrogen and oxygen atoms in total. The van der Waals surface area contributed by atoms with E-state index < -0.39 is 10.0 Å². The topological polar surface area (TPSA) is 37.4 Å². The quantitative estimate of drug-likeness (QED) is 0.833. The fourth-order valence-corrected chi connectivity index (χ4v) is 4.61. The number of allylic oxidation sites excluding steroid dienone is 2. The van der Waals surface area contributed by atoms with Gasteiger partial charge < -0.3 is 0 Å². The van der Waals surface area contributed by atoms with Crippen LogP contribution in [0.2, 0.25) is 0 Å². The molecule has 0 saturated carbocycles. The molecule has 1 aromatic carbocycles. The third kappa shape index (κ3) is 2.18. The average Bonchev–Trinajstić information content (AvgIpc) is 2.83. The summed E-state index contributed by atoms with van der Waals surface area (Å²) >= 11 is 0. The van der Waals surface area contributed by atoms with Gasteiger partial charge in [0.05, 0.1) is 4.90 Å². The number of nitrogens with zero attached hydrogens (tertiary/aromatic N) is 1. The summed E-state index contributed by atoms with van der Waals surface area (Å²) in [6, 6.07) is 7.13. The van der Waals surface area contributed by atoms with E-state index in [1.165, 1.54) is 6.42 Å². The Bertz CT molecular complexity index is 602. The number of aryl methyl sites for hydroxylation is 1. The molecule has 1 aliphatic carbocycles. The summed E-state index contributed by atoms with van der Waals surface area (Å²) in [7, 11) is -3.36. The molecule has 1 unspecified atom stereocenters. The van der Waals surface area contributed by atoms with E-state index in [-0.39, 0.29) is 0 Å². The summed E-state index contributed by atoms with van der Waals surface area (Å²) in [6.07, 6.45) is 6.41. The van der Waals surface area contributed by atoms with Gasteiger partial charge in [-0.25, -0.2) is 8.42 Å². The lowest BCUT2D eigenvalue weighted by atomic mass is 9.93. The van der Waals surface area contributed by atoms with Crippen LogP contribution >= 0.6 is 0 Å². The summed E-state index contributed by atoms with van der Waals surface area (Å²) in [5, 5.41) is 0. The van der Waals surface area contributed by atoms with Crippen molar-refractivity contribution in [2.45, 2.75) is 37.5 Å². The van der Waals surface area contributed by atoms with Crippen LogP contribution in [0.5, 0.6) is 0 Å². The van der Waals surface area contributed by atoms with Crippen molar-refractivity contribution in [3.05, 3.63) is 41.6 Å². The van der Waals surface area contributed by atoms with E-state index in [4.69, 9.17) is 0 Å². The maximum Gasteiger partial charge on any atom is 0.264 e. The third-order valence-corrected chi connectivity index (χ3v) is 5.95. The number of fused-ring (bicyclic) bond motifs is 1. The molecule has 0 bridgehead atoms. The molecule has 1 atom stereocenters. The predicted molar refractivity (Wildman–Crippen MR) is 75.1 cm³/mol. The van der Waals surface area contributed by atoms with Crippen molar-refractivity contribution in [1.29, 1.82) is 0 Å². The van der Waals surface area contributed by atoms with E-state index >= 15 is 0 Å². The van der Waals surface area contributed by atoms with E-state index in [1.54, 1.807) is 16.4 Å². The van der Waals surface area contributed by atoms with Gasteiger partial charge in [0.2, 0.25) is 0 Å². The number of hydrogen-bond donors (Lipinski definition) is 0. The zero-order valence-electron chi connectivity index (χ0n) is 11.2. The second-order valence-electron chi connectivity index (χ2n) is 5.44. The Labute approximate surface area is 115 Å². The molecule has 0 amide bonds. The SMILES string of the molecule is Cc1ccc(S(=O)(=O)N2CCC3CCCC=C32)cc1. The minimum Gasteiger partial charge on any atom is -0.270 e. The molecule has 1 aromatic rings. The van der Waals surface area contributed by atoms with Crippen molar-refractivity contribution >= 4 is 10.0 Å². The van der Waals surface area contributed by atoms with Crippen LogP contribution in [0.4, 0.5) is 0 Å². The Balaban J connectivity index is 1.97. The molecule has 0 N–H and O–H groups in total. The Morgan fingerprint density at radius 2 is 1.89 bits per heavy atom. The lowest BCUT2D eigenvalue weighted by molar-refractivity contribution is 0.489. The van der Waals surface area contributed by atoms with Crippen LogP contribution in [0.15, 0.2) is 40.9 Å². The lowest BCUT2D eigenvalue weighted by Crippen LogP contribution is -2.28. The minimum absolute atomic E-state index is 0.408. The van der Waals surface area contributed by atoms with E-state index in [1.807, 2.05) is 19.1 Å². The summed E-state index contributed by atoms with van der Waals surface area (Å²) in [5.41, 5.74) is 2.11. The first-order valence-corrected chi connectivity index (χ1v) is 8.32. The standard InChI is InChI=1S/C15H19NO2S/c1-12-6-8-14(9-7-12)19(17,18)16-11-10-13-4-2-3-5-15(13)16/h5-9,13H,2-4,10-11H2,1H3. The highest BCUT2D eigenvalue weighted by atomic mass is 32.2. The highest BCUT2D eigenvalue weighted by Gasteiger charge is 2.36. The van der Waals surface area contributed by atoms with Gasteiger partial charge in [0.25, 0.3) is 10.0 Å². The second-order valence-corrected chi connectivity index (χ2v) is 7.30. The van der Waals surface area contributed by atoms with Gasteiger partial charge in [-0.05, 0) is 44.7 Å². The van der Waals surface area contributed by atoms with E-state index in [0.717, 1.165) is 30.5 Å². The maximum absolute atomic E-state index is 12.7. The summed E-state index contributed by atoms with van der Waals surface area (Å²) < 4.78 is 27.0. The molecule has 2 aliphatic rings. The first kappa shape index (κ1) is 12.7. The van der Waals surface area contributed by atoms with Gasteiger partial charge in [-0.1, -0.05) is 23.8 Å². The van der Waals surface area contributed by atoms with E-state index in [2.05, 4.69) is 6.08 Å². The van der Waals surface area contributed by atoms with Crippen molar-refractivity contribution < 1.29 is 8.42 Å². The smallest absolute Gasteiger partial charge is 0.264 e. The van der Waals surface area contributed by atoms with Crippen molar-refractivity contribution in [2.24, 2.45) is 5.92 Å². The molecule has 0 radical (unpaired) electrons. The predicted octanol–water partition coefficient (Wildman–Crippen LogP) is 3.07. The maximum atomic E-state index is 12.7. The highest BCUT2D eigenvalue weighted by Crippen LogP contribution is 2.39. The van der Waals surface area contributed by atoms with Crippen molar-refractivity contribution in [1.82, 2.24) is 4.31 Å². The molecule has 0 aromatic heterocycles. The van der Waals surface area contributed by atoms with Crippen LogP contribution in [-0.2, 0) is 10.0 Å². The second kappa shape index (κ2) is 4.67. The van der Waals surface area contributed by atoms with Crippen molar-refractivity contribution in [3.63, 3.8) is 0 Å². The Hall–Kier alpha value is -1.29. The molecular weight excluding hydrogens is 258 g/mol. The molecule has 3 rings (SSSR count). The van der Waals surface area contributed by atoms with Crippen molar-refractivity contribution in [2.75, 3.05) is 6.54 Å². The van der Waals surface area contributed by atoms with Gasteiger partial charge in [-0.15, -0.1) is 0 Å². The van der Waals surface area contributed by atoms with Crippen LogP contribution in [0.1, 0.15) is 31.2 Å². The number of sulfonamides is 1. The van der Waals surface area contributed by atoms with Gasteiger partial charge in [-0.2, -0.15) is 0 Å². The first-order chi connectivity index (χ1) is 9.09. The Morgan fingerprint density at radius 3 is 2.63 bits per heavy atom. The van der Waals surface area contributed by atoms with Crippen LogP contribution in [-0.4, -0.2) is 19.3 Å². The van der Waals surface area contributed by atoms with E-state index in [0.29, 0.717) is 17.4 Å². The van der Waals surface area contributed by atoms with Gasteiger partial charge in [0, 0.05) is 18.2 Å². The van der Waals surface area contributed by atoms with E-state index in [9.17, 15) is 8.42 Å². The summed E-state index contributed by atoms with van der Waals surface area (Å²) in [5.74, 6) is 0.453.